The lowest BCUT2D eigenvalue weighted by Crippen LogP contribution is -2.47. The summed E-state index contributed by atoms with van der Waals surface area (Å²) in [5.74, 6) is 2.45. The normalized spacial score (nSPS) is 14.9. The zero-order chi connectivity index (χ0) is 23.2. The Morgan fingerprint density at radius 3 is 2.42 bits per heavy atom. The van der Waals surface area contributed by atoms with Crippen LogP contribution in [0.5, 0.6) is 0 Å². The summed E-state index contributed by atoms with van der Waals surface area (Å²) in [6.45, 7) is 6.49. The molecule has 0 atom stereocenters. The van der Waals surface area contributed by atoms with Gasteiger partial charge in [-0.3, -0.25) is 0 Å². The quantitative estimate of drug-likeness (QED) is 0.447. The molecule has 4 aromatic rings. The molecule has 1 saturated heterocycles. The predicted molar refractivity (Wildman–Crippen MR) is 118 cm³/mol. The fourth-order valence-corrected chi connectivity index (χ4v) is 4.33. The Morgan fingerprint density at radius 1 is 1.00 bits per heavy atom. The van der Waals surface area contributed by atoms with E-state index in [2.05, 4.69) is 26.9 Å². The standard InChI is InChI=1S/C23H23F3N6O/c1-3-18-15(2)27-22-28-20(19-8-5-13-33-19)29-32(22)21(18)31-11-9-30(10-12-31)17-7-4-6-16(14-17)23(24,25)26/h4-8,13-14H,3,9-12H2,1-2H3. The van der Waals surface area contributed by atoms with Crippen molar-refractivity contribution < 1.29 is 17.6 Å². The van der Waals surface area contributed by atoms with Crippen LogP contribution >= 0.6 is 0 Å². The van der Waals surface area contributed by atoms with Crippen LogP contribution in [0.2, 0.25) is 0 Å². The maximum atomic E-state index is 13.1. The number of nitrogens with zero attached hydrogens (tertiary/aromatic N) is 6. The highest BCUT2D eigenvalue weighted by atomic mass is 19.4. The van der Waals surface area contributed by atoms with E-state index in [1.165, 1.54) is 12.1 Å². The van der Waals surface area contributed by atoms with Gasteiger partial charge in [0.25, 0.3) is 5.78 Å². The minimum absolute atomic E-state index is 0.462. The Morgan fingerprint density at radius 2 is 1.76 bits per heavy atom. The van der Waals surface area contributed by atoms with Crippen molar-refractivity contribution in [1.29, 1.82) is 0 Å². The maximum Gasteiger partial charge on any atom is 0.416 e. The summed E-state index contributed by atoms with van der Waals surface area (Å²) in [6, 6.07) is 9.09. The van der Waals surface area contributed by atoms with Gasteiger partial charge in [0.2, 0.25) is 5.82 Å². The second-order valence-electron chi connectivity index (χ2n) is 8.00. The van der Waals surface area contributed by atoms with Crippen LogP contribution in [0.1, 0.15) is 23.7 Å². The van der Waals surface area contributed by atoms with Crippen LogP contribution in [0.25, 0.3) is 17.4 Å². The van der Waals surface area contributed by atoms with E-state index < -0.39 is 11.7 Å². The molecular weight excluding hydrogens is 433 g/mol. The van der Waals surface area contributed by atoms with Gasteiger partial charge < -0.3 is 14.2 Å². The maximum absolute atomic E-state index is 13.1. The first-order valence-electron chi connectivity index (χ1n) is 10.8. The molecule has 172 valence electrons. The molecule has 0 amide bonds. The molecule has 10 heteroatoms. The van der Waals surface area contributed by atoms with E-state index in [0.717, 1.165) is 29.6 Å². The van der Waals surface area contributed by atoms with Gasteiger partial charge in [0.1, 0.15) is 5.82 Å². The number of aryl methyl sites for hydroxylation is 1. The van der Waals surface area contributed by atoms with Crippen LogP contribution in [0.3, 0.4) is 0 Å². The molecule has 7 nitrogen and oxygen atoms in total. The summed E-state index contributed by atoms with van der Waals surface area (Å²) in [6.07, 6.45) is -2.01. The topological polar surface area (TPSA) is 62.7 Å². The number of aromatic nitrogens is 4. The molecule has 3 aromatic heterocycles. The van der Waals surface area contributed by atoms with Crippen LogP contribution in [0.4, 0.5) is 24.7 Å². The third-order valence-corrected chi connectivity index (χ3v) is 5.98. The van der Waals surface area contributed by atoms with Crippen LogP contribution in [-0.4, -0.2) is 45.8 Å². The second-order valence-corrected chi connectivity index (χ2v) is 8.00. The zero-order valence-electron chi connectivity index (χ0n) is 18.3. The largest absolute Gasteiger partial charge is 0.461 e. The van der Waals surface area contributed by atoms with Crippen molar-refractivity contribution in [2.75, 3.05) is 36.0 Å². The van der Waals surface area contributed by atoms with Crippen LogP contribution < -0.4 is 9.80 Å². The van der Waals surface area contributed by atoms with Gasteiger partial charge in [0.05, 0.1) is 11.8 Å². The molecule has 33 heavy (non-hydrogen) atoms. The molecule has 4 heterocycles. The fourth-order valence-electron chi connectivity index (χ4n) is 4.33. The van der Waals surface area contributed by atoms with Gasteiger partial charge in [-0.1, -0.05) is 13.0 Å². The lowest BCUT2D eigenvalue weighted by atomic mass is 10.1. The first-order chi connectivity index (χ1) is 15.8. The molecule has 0 unspecified atom stereocenters. The molecule has 0 N–H and O–H groups in total. The number of hydrogen-bond donors (Lipinski definition) is 0. The van der Waals surface area contributed by atoms with E-state index >= 15 is 0 Å². The summed E-state index contributed by atoms with van der Waals surface area (Å²) in [4.78, 5) is 13.4. The molecule has 1 aliphatic heterocycles. The highest BCUT2D eigenvalue weighted by Gasteiger charge is 2.31. The molecule has 1 fully saturated rings. The molecule has 0 radical (unpaired) electrons. The number of furan rings is 1. The van der Waals surface area contributed by atoms with Crippen molar-refractivity contribution >= 4 is 17.3 Å². The SMILES string of the molecule is CCc1c(C)nc2nc(-c3ccco3)nn2c1N1CCN(c2cccc(C(F)(F)F)c2)CC1. The Kier molecular flexibility index (Phi) is 5.22. The monoisotopic (exact) mass is 456 g/mol. The van der Waals surface area contributed by atoms with Gasteiger partial charge in [-0.05, 0) is 43.7 Å². The van der Waals surface area contributed by atoms with Gasteiger partial charge in [-0.25, -0.2) is 4.98 Å². The molecule has 1 aromatic carbocycles. The lowest BCUT2D eigenvalue weighted by molar-refractivity contribution is -0.137. The first-order valence-corrected chi connectivity index (χ1v) is 10.8. The van der Waals surface area contributed by atoms with Crippen molar-refractivity contribution in [3.05, 3.63) is 59.5 Å². The highest BCUT2D eigenvalue weighted by molar-refractivity contribution is 5.59. The molecule has 0 saturated carbocycles. The summed E-state index contributed by atoms with van der Waals surface area (Å²) < 4.78 is 46.6. The Hall–Kier alpha value is -3.56. The molecule has 1 aliphatic rings. The number of fused-ring (bicyclic) bond motifs is 1. The van der Waals surface area contributed by atoms with E-state index in [4.69, 9.17) is 4.42 Å². The summed E-state index contributed by atoms with van der Waals surface area (Å²) >= 11 is 0. The van der Waals surface area contributed by atoms with Gasteiger partial charge in [0, 0.05) is 43.1 Å². The summed E-state index contributed by atoms with van der Waals surface area (Å²) in [5, 5.41) is 4.66. The van der Waals surface area contributed by atoms with Crippen molar-refractivity contribution in [2.45, 2.75) is 26.4 Å². The Balaban J connectivity index is 1.46. The molecule has 0 aliphatic carbocycles. The van der Waals surface area contributed by atoms with E-state index in [1.807, 2.05) is 11.8 Å². The third-order valence-electron chi connectivity index (χ3n) is 5.98. The summed E-state index contributed by atoms with van der Waals surface area (Å²) in [7, 11) is 0. The lowest BCUT2D eigenvalue weighted by Gasteiger charge is -2.38. The number of anilines is 2. The molecular formula is C23H23F3N6O. The summed E-state index contributed by atoms with van der Waals surface area (Å²) in [5.41, 5.74) is 1.91. The average molecular weight is 456 g/mol. The van der Waals surface area contributed by atoms with Crippen LogP contribution in [-0.2, 0) is 12.6 Å². The first kappa shape index (κ1) is 21.3. The van der Waals surface area contributed by atoms with Crippen molar-refractivity contribution in [2.24, 2.45) is 0 Å². The fraction of sp³-hybridized carbons (Fsp3) is 0.348. The van der Waals surface area contributed by atoms with Gasteiger partial charge >= 0.3 is 6.18 Å². The van der Waals surface area contributed by atoms with Crippen molar-refractivity contribution in [3.8, 4) is 11.6 Å². The van der Waals surface area contributed by atoms with Gasteiger partial charge in [-0.2, -0.15) is 22.7 Å². The molecule has 0 spiro atoms. The molecule has 0 bridgehead atoms. The number of alkyl halides is 3. The average Bonchev–Trinajstić information content (AvgIpc) is 3.48. The van der Waals surface area contributed by atoms with Crippen LogP contribution in [0.15, 0.2) is 47.1 Å². The minimum Gasteiger partial charge on any atom is -0.461 e. The Bertz CT molecular complexity index is 1270. The number of rotatable bonds is 4. The minimum atomic E-state index is -4.35. The smallest absolute Gasteiger partial charge is 0.416 e. The van der Waals surface area contributed by atoms with E-state index in [-0.39, 0.29) is 0 Å². The zero-order valence-corrected chi connectivity index (χ0v) is 18.3. The van der Waals surface area contributed by atoms with Crippen molar-refractivity contribution in [1.82, 2.24) is 19.6 Å². The predicted octanol–water partition coefficient (Wildman–Crippen LogP) is 4.60. The van der Waals surface area contributed by atoms with E-state index in [9.17, 15) is 13.2 Å². The van der Waals surface area contributed by atoms with E-state index in [1.54, 1.807) is 29.0 Å². The van der Waals surface area contributed by atoms with Gasteiger partial charge in [-0.15, -0.1) is 5.10 Å². The van der Waals surface area contributed by atoms with Gasteiger partial charge in [0.15, 0.2) is 5.76 Å². The molecule has 5 rings (SSSR count). The number of piperazine rings is 1. The highest BCUT2D eigenvalue weighted by Crippen LogP contribution is 2.33. The van der Waals surface area contributed by atoms with Crippen molar-refractivity contribution in [3.63, 3.8) is 0 Å². The Labute approximate surface area is 188 Å². The number of halogens is 3. The van der Waals surface area contributed by atoms with E-state index in [0.29, 0.717) is 49.2 Å². The van der Waals surface area contributed by atoms with Crippen LogP contribution in [0, 0.1) is 6.92 Å². The third kappa shape index (κ3) is 3.90. The number of hydrogen-bond acceptors (Lipinski definition) is 6. The number of benzene rings is 1. The second kappa shape index (κ2) is 8.09.